The molecule has 0 fully saturated rings. The fourth-order valence-electron chi connectivity index (χ4n) is 0.427. The first-order chi connectivity index (χ1) is 7.18. The second-order valence-corrected chi connectivity index (χ2v) is 2.75. The molecule has 0 aliphatic heterocycles. The van der Waals surface area contributed by atoms with E-state index in [1.54, 1.807) is 0 Å². The van der Waals surface area contributed by atoms with Crippen LogP contribution in [0, 0.1) is 0 Å². The molecule has 0 atom stereocenters. The summed E-state index contributed by atoms with van der Waals surface area (Å²) < 4.78 is 31.6. The van der Waals surface area contributed by atoms with Crippen LogP contribution in [0.3, 0.4) is 0 Å². The van der Waals surface area contributed by atoms with Crippen molar-refractivity contribution in [3.8, 4) is 0 Å². The van der Waals surface area contributed by atoms with Gasteiger partial charge in [-0.1, -0.05) is 0 Å². The van der Waals surface area contributed by atoms with Gasteiger partial charge in [-0.15, -0.1) is 0 Å². The van der Waals surface area contributed by atoms with E-state index in [1.807, 2.05) is 6.79 Å². The van der Waals surface area contributed by atoms with Crippen molar-refractivity contribution in [2.75, 3.05) is 17.2 Å². The van der Waals surface area contributed by atoms with Gasteiger partial charge in [0, 0.05) is 0 Å². The first kappa shape index (κ1) is 16.4. The highest BCUT2D eigenvalue weighted by molar-refractivity contribution is 7.79. The molecule has 0 saturated heterocycles. The third-order valence-corrected chi connectivity index (χ3v) is 0.687. The van der Waals surface area contributed by atoms with Crippen molar-refractivity contribution in [2.45, 2.75) is 0 Å². The smallest absolute Gasteiger partial charge is 0.368 e. The van der Waals surface area contributed by atoms with E-state index in [2.05, 4.69) is 15.0 Å². The molecule has 0 bridgehead atoms. The number of nitrogen functional groups attached to an aromatic ring is 3. The number of nitrogens with two attached hydrogens (primary N) is 3. The second-order valence-electron chi connectivity index (χ2n) is 1.86. The number of nitrogens with zero attached hydrogens (tertiary/aromatic N) is 3. The van der Waals surface area contributed by atoms with Crippen molar-refractivity contribution in [1.82, 2.24) is 15.0 Å². The largest absolute Gasteiger partial charge is 0.394 e. The zero-order valence-electron chi connectivity index (χ0n) is 7.81. The minimum absolute atomic E-state index is 0.0417. The summed E-state index contributed by atoms with van der Waals surface area (Å²) in [7, 11) is -4.67. The predicted octanol–water partition coefficient (Wildman–Crippen LogP) is -2.22. The number of hydrogen-bond acceptors (Lipinski definition) is 9. The van der Waals surface area contributed by atoms with Crippen LogP contribution >= 0.6 is 0 Å². The number of hydrogen-bond donors (Lipinski definition) is 5. The summed E-state index contributed by atoms with van der Waals surface area (Å²) in [6.07, 6.45) is 0. The molecule has 92 valence electrons. The third kappa shape index (κ3) is 14.5. The Kier molecular flexibility index (Phi) is 7.44. The van der Waals surface area contributed by atoms with Gasteiger partial charge in [-0.3, -0.25) is 9.11 Å². The number of anilines is 3. The van der Waals surface area contributed by atoms with E-state index >= 15 is 0 Å². The monoisotopic (exact) mass is 254 g/mol. The number of aromatic nitrogens is 3. The fourth-order valence-corrected chi connectivity index (χ4v) is 0.427. The molecule has 0 aromatic carbocycles. The number of carbonyl (C=O) groups excluding carboxylic acids is 1. The van der Waals surface area contributed by atoms with Crippen LogP contribution in [0.1, 0.15) is 0 Å². The Morgan fingerprint density at radius 3 is 1.12 bits per heavy atom. The zero-order chi connectivity index (χ0) is 13.4. The molecule has 16 heavy (non-hydrogen) atoms. The van der Waals surface area contributed by atoms with Gasteiger partial charge in [-0.05, 0) is 0 Å². The molecular weight excluding hydrogens is 244 g/mol. The van der Waals surface area contributed by atoms with Crippen molar-refractivity contribution in [3.63, 3.8) is 0 Å². The highest BCUT2D eigenvalue weighted by atomic mass is 32.3. The Labute approximate surface area is 90.3 Å². The first-order valence-electron chi connectivity index (χ1n) is 3.19. The lowest BCUT2D eigenvalue weighted by atomic mass is 10.9. The maximum absolute atomic E-state index is 8.74. The highest BCUT2D eigenvalue weighted by Crippen LogP contribution is 1.97. The number of rotatable bonds is 0. The van der Waals surface area contributed by atoms with Gasteiger partial charge < -0.3 is 22.0 Å². The Hall–Kier alpha value is -2.05. The topological polar surface area (TPSA) is 208 Å². The van der Waals surface area contributed by atoms with Gasteiger partial charge in [-0.2, -0.15) is 23.4 Å². The molecule has 0 radical (unpaired) electrons. The van der Waals surface area contributed by atoms with Crippen LogP contribution in [0.5, 0.6) is 0 Å². The van der Waals surface area contributed by atoms with Gasteiger partial charge in [0.2, 0.25) is 17.8 Å². The molecule has 12 heteroatoms. The zero-order valence-corrected chi connectivity index (χ0v) is 8.62. The molecule has 0 amide bonds. The summed E-state index contributed by atoms with van der Waals surface area (Å²) in [5, 5.41) is 0. The van der Waals surface area contributed by atoms with Crippen LogP contribution in [-0.2, 0) is 15.2 Å². The van der Waals surface area contributed by atoms with Crippen molar-refractivity contribution in [2.24, 2.45) is 0 Å². The average Bonchev–Trinajstić information content (AvgIpc) is 2.01. The minimum Gasteiger partial charge on any atom is -0.368 e. The molecular formula is C4H10N6O5S. The first-order valence-corrected chi connectivity index (χ1v) is 4.59. The van der Waals surface area contributed by atoms with Crippen LogP contribution in [-0.4, -0.2) is 39.3 Å². The Balaban J connectivity index is 0. The Bertz CT molecular complexity index is 362. The Morgan fingerprint density at radius 2 is 1.00 bits per heavy atom. The van der Waals surface area contributed by atoms with Gasteiger partial charge >= 0.3 is 10.4 Å². The van der Waals surface area contributed by atoms with Crippen LogP contribution in [0.15, 0.2) is 0 Å². The molecule has 1 heterocycles. The van der Waals surface area contributed by atoms with Gasteiger partial charge in [0.05, 0.1) is 0 Å². The van der Waals surface area contributed by atoms with Crippen LogP contribution < -0.4 is 17.2 Å². The molecule has 1 aromatic rings. The maximum Gasteiger partial charge on any atom is 0.394 e. The molecule has 0 aliphatic rings. The normalized spacial score (nSPS) is 9.12. The van der Waals surface area contributed by atoms with Crippen LogP contribution in [0.25, 0.3) is 0 Å². The lowest BCUT2D eigenvalue weighted by molar-refractivity contribution is -0.0980. The summed E-state index contributed by atoms with van der Waals surface area (Å²) in [6, 6.07) is 0. The molecule has 0 spiro atoms. The van der Waals surface area contributed by atoms with Crippen molar-refractivity contribution in [3.05, 3.63) is 0 Å². The maximum atomic E-state index is 8.74. The molecule has 11 nitrogen and oxygen atoms in total. The summed E-state index contributed by atoms with van der Waals surface area (Å²) in [6.45, 7) is 2.00. The average molecular weight is 254 g/mol. The van der Waals surface area contributed by atoms with E-state index in [0.717, 1.165) is 0 Å². The Morgan fingerprint density at radius 1 is 0.875 bits per heavy atom. The lowest BCUT2D eigenvalue weighted by Gasteiger charge is -1.93. The van der Waals surface area contributed by atoms with Crippen molar-refractivity contribution >= 4 is 35.0 Å². The SMILES string of the molecule is C=O.Nc1nc(N)nc(N)n1.O=S(=O)(O)O. The van der Waals surface area contributed by atoms with E-state index in [0.29, 0.717) is 0 Å². The quantitative estimate of drug-likeness (QED) is 0.313. The molecule has 0 saturated carbocycles. The summed E-state index contributed by atoms with van der Waals surface area (Å²) >= 11 is 0. The summed E-state index contributed by atoms with van der Waals surface area (Å²) in [4.78, 5) is 18.5. The minimum atomic E-state index is -4.67. The van der Waals surface area contributed by atoms with E-state index in [1.165, 1.54) is 0 Å². The molecule has 0 unspecified atom stereocenters. The summed E-state index contributed by atoms with van der Waals surface area (Å²) in [5.41, 5.74) is 15.4. The van der Waals surface area contributed by atoms with E-state index < -0.39 is 10.4 Å². The third-order valence-electron chi connectivity index (χ3n) is 0.687. The lowest BCUT2D eigenvalue weighted by Crippen LogP contribution is -2.05. The van der Waals surface area contributed by atoms with Crippen molar-refractivity contribution < 1.29 is 22.3 Å². The molecule has 8 N–H and O–H groups in total. The van der Waals surface area contributed by atoms with Gasteiger partial charge in [-0.25, -0.2) is 0 Å². The van der Waals surface area contributed by atoms with Crippen LogP contribution in [0.4, 0.5) is 17.8 Å². The number of carbonyl (C=O) groups is 1. The van der Waals surface area contributed by atoms with E-state index in [4.69, 9.17) is 39.5 Å². The van der Waals surface area contributed by atoms with E-state index in [-0.39, 0.29) is 17.8 Å². The summed E-state index contributed by atoms with van der Waals surface area (Å²) in [5.74, 6) is 0.125. The molecule has 1 aromatic heterocycles. The highest BCUT2D eigenvalue weighted by Gasteiger charge is 1.93. The molecule has 1 rings (SSSR count). The van der Waals surface area contributed by atoms with E-state index in [9.17, 15) is 0 Å². The van der Waals surface area contributed by atoms with Gasteiger partial charge in [0.25, 0.3) is 0 Å². The molecule has 0 aliphatic carbocycles. The van der Waals surface area contributed by atoms with Crippen LogP contribution in [0.2, 0.25) is 0 Å². The van der Waals surface area contributed by atoms with Gasteiger partial charge in [0.15, 0.2) is 0 Å². The second kappa shape index (κ2) is 7.27. The fraction of sp³-hybridized carbons (Fsp3) is 0. The standard InChI is InChI=1S/C3H6N6.CH2O.H2O4S/c4-1-7-2(5)9-3(6)8-1;1-2;1-5(2,3)4/h(H6,4,5,6,7,8,9);1H2;(H2,1,2,3,4). The van der Waals surface area contributed by atoms with Gasteiger partial charge in [0.1, 0.15) is 6.79 Å². The van der Waals surface area contributed by atoms with Crippen molar-refractivity contribution in [1.29, 1.82) is 0 Å². The predicted molar refractivity (Wildman–Crippen MR) is 54.4 cm³/mol.